The predicted molar refractivity (Wildman–Crippen MR) is 157 cm³/mol. The molecule has 3 atom stereocenters. The maximum Gasteiger partial charge on any atom is 0.376 e. The van der Waals surface area contributed by atoms with Crippen LogP contribution in [-0.2, 0) is 16.1 Å². The van der Waals surface area contributed by atoms with Gasteiger partial charge in [-0.15, -0.1) is 0 Å². The number of hydrogen-bond acceptors (Lipinski definition) is 6. The third kappa shape index (κ3) is 7.70. The fourth-order valence-corrected chi connectivity index (χ4v) is 6.38. The number of anilines is 1. The molecule has 10 heteroatoms. The molecule has 2 saturated heterocycles. The van der Waals surface area contributed by atoms with E-state index in [0.29, 0.717) is 24.6 Å². The Balaban J connectivity index is 1.52. The van der Waals surface area contributed by atoms with E-state index in [1.165, 1.54) is 5.56 Å². The van der Waals surface area contributed by atoms with Gasteiger partial charge in [0.1, 0.15) is 0 Å². The number of carbonyl (C=O) groups excluding carboxylic acids is 1. The Hall–Kier alpha value is -2.24. The van der Waals surface area contributed by atoms with Crippen LogP contribution in [0.1, 0.15) is 57.2 Å². The second-order valence-electron chi connectivity index (χ2n) is 12.1. The summed E-state index contributed by atoms with van der Waals surface area (Å²) in [5, 5.41) is 9.87. The van der Waals surface area contributed by atoms with Crippen LogP contribution in [0.15, 0.2) is 54.6 Å². The summed E-state index contributed by atoms with van der Waals surface area (Å²) in [5.41, 5.74) is 2.68. The van der Waals surface area contributed by atoms with Crippen LogP contribution >= 0.6 is 0 Å². The lowest BCUT2D eigenvalue weighted by molar-refractivity contribution is -0.141. The Morgan fingerprint density at radius 3 is 2.23 bits per heavy atom. The van der Waals surface area contributed by atoms with Gasteiger partial charge in [-0.1, -0.05) is 63.2 Å². The smallest absolute Gasteiger partial charge is 0.376 e. The van der Waals surface area contributed by atoms with Crippen LogP contribution in [0.3, 0.4) is 0 Å². The Kier molecular flexibility index (Phi) is 9.88. The van der Waals surface area contributed by atoms with Crippen molar-refractivity contribution in [1.82, 2.24) is 14.6 Å². The van der Waals surface area contributed by atoms with Gasteiger partial charge in [-0.25, -0.2) is 0 Å². The topological polar surface area (TPSA) is 99.2 Å². The Morgan fingerprint density at radius 1 is 1.05 bits per heavy atom. The molecule has 39 heavy (non-hydrogen) atoms. The number of piperidine rings is 1. The van der Waals surface area contributed by atoms with Crippen molar-refractivity contribution >= 4 is 29.9 Å². The Bertz CT molecular complexity index is 1100. The summed E-state index contributed by atoms with van der Waals surface area (Å²) < 4.78 is 24.6. The average molecular weight is 554 g/mol. The van der Waals surface area contributed by atoms with E-state index in [4.69, 9.17) is 0 Å². The summed E-state index contributed by atoms with van der Waals surface area (Å²) in [6.45, 7) is 12.3. The van der Waals surface area contributed by atoms with E-state index in [9.17, 15) is 18.6 Å². The van der Waals surface area contributed by atoms with Crippen molar-refractivity contribution < 1.29 is 18.6 Å². The lowest BCUT2D eigenvalue weighted by Gasteiger charge is -2.50. The van der Waals surface area contributed by atoms with E-state index in [1.54, 1.807) is 12.1 Å². The highest BCUT2D eigenvalue weighted by Crippen LogP contribution is 2.36. The van der Waals surface area contributed by atoms with Gasteiger partial charge in [0.15, 0.2) is 0 Å². The summed E-state index contributed by atoms with van der Waals surface area (Å²) in [6, 6.07) is 18.0. The maximum absolute atomic E-state index is 13.7. The highest BCUT2D eigenvalue weighted by molar-refractivity contribution is 7.80. The molecule has 2 N–H and O–H groups in total. The first-order valence-corrected chi connectivity index (χ1v) is 15.1. The minimum atomic E-state index is -2.37. The van der Waals surface area contributed by atoms with E-state index < -0.39 is 18.3 Å². The van der Waals surface area contributed by atoms with E-state index in [-0.39, 0.29) is 23.4 Å². The van der Waals surface area contributed by atoms with Crippen molar-refractivity contribution in [3.8, 4) is 0 Å². The molecule has 2 unspecified atom stereocenters. The molecule has 212 valence electrons. The highest BCUT2D eigenvalue weighted by atomic mass is 32.2. The quantitative estimate of drug-likeness (QED) is 0.382. The predicted octanol–water partition coefficient (Wildman–Crippen LogP) is 3.75. The van der Waals surface area contributed by atoms with Gasteiger partial charge >= 0.3 is 7.05 Å². The van der Waals surface area contributed by atoms with Crippen molar-refractivity contribution in [2.45, 2.75) is 58.9 Å². The van der Waals surface area contributed by atoms with Crippen molar-refractivity contribution in [1.29, 1.82) is 0 Å². The number of rotatable bonds is 8. The lowest BCUT2D eigenvalue weighted by Crippen LogP contribution is -2.60. The van der Waals surface area contributed by atoms with Crippen LogP contribution in [0.2, 0.25) is 6.82 Å². The molecule has 2 fully saturated rings. The van der Waals surface area contributed by atoms with Crippen LogP contribution < -0.4 is 4.72 Å². The van der Waals surface area contributed by atoms with Gasteiger partial charge in [-0.2, -0.15) is 0 Å². The third-order valence-electron chi connectivity index (χ3n) is 8.28. The molecule has 4 rings (SSSR count). The van der Waals surface area contributed by atoms with E-state index in [1.807, 2.05) is 37.2 Å². The minimum absolute atomic E-state index is 0.00935. The number of piperazine rings is 1. The van der Waals surface area contributed by atoms with Crippen molar-refractivity contribution in [2.24, 2.45) is 11.3 Å². The molecule has 2 heterocycles. The van der Waals surface area contributed by atoms with Crippen LogP contribution in [0.25, 0.3) is 0 Å². The first kappa shape index (κ1) is 29.7. The number of hydrogen-bond donors (Lipinski definition) is 2. The molecular formula is C29H42BN4O4S-. The lowest BCUT2D eigenvalue weighted by atomic mass is 9.80. The number of nitrogens with zero attached hydrogens (tertiary/aromatic N) is 3. The number of amides is 1. The molecule has 0 bridgehead atoms. The van der Waals surface area contributed by atoms with Crippen LogP contribution in [0.5, 0.6) is 0 Å². The summed E-state index contributed by atoms with van der Waals surface area (Å²) in [7, 11) is -0.430. The fourth-order valence-electron chi connectivity index (χ4n) is 6.05. The SMILES string of the molecule is CB(O)N1CCC(CC(=O)N2CCN(C(c3ccccc3)c3ccc(NS(=O)[O-])cc3)C[C@@H]2C(C)(C)C)CC1. The van der Waals surface area contributed by atoms with Crippen LogP contribution in [-0.4, -0.2) is 80.1 Å². The van der Waals surface area contributed by atoms with E-state index in [0.717, 1.165) is 44.6 Å². The van der Waals surface area contributed by atoms with Gasteiger partial charge < -0.3 is 24.0 Å². The average Bonchev–Trinajstić information content (AvgIpc) is 2.90. The molecule has 0 saturated carbocycles. The van der Waals surface area contributed by atoms with Gasteiger partial charge in [0.2, 0.25) is 5.91 Å². The molecule has 0 aromatic heterocycles. The first-order chi connectivity index (χ1) is 18.5. The number of benzene rings is 2. The van der Waals surface area contributed by atoms with Crippen LogP contribution in [0, 0.1) is 11.3 Å². The van der Waals surface area contributed by atoms with E-state index >= 15 is 0 Å². The molecule has 0 radical (unpaired) electrons. The zero-order chi connectivity index (χ0) is 28.2. The van der Waals surface area contributed by atoms with Gasteiger partial charge in [-0.05, 0) is 67.3 Å². The summed E-state index contributed by atoms with van der Waals surface area (Å²) >= 11 is -2.37. The second-order valence-corrected chi connectivity index (χ2v) is 12.7. The number of nitrogens with one attached hydrogen (secondary N) is 1. The van der Waals surface area contributed by atoms with Crippen molar-refractivity contribution in [3.05, 3.63) is 65.7 Å². The zero-order valence-corrected chi connectivity index (χ0v) is 24.4. The van der Waals surface area contributed by atoms with E-state index in [2.05, 4.69) is 52.2 Å². The highest BCUT2D eigenvalue weighted by Gasteiger charge is 2.40. The first-order valence-electron chi connectivity index (χ1n) is 14.0. The Morgan fingerprint density at radius 2 is 1.67 bits per heavy atom. The molecule has 2 aromatic carbocycles. The van der Waals surface area contributed by atoms with Gasteiger partial charge in [0.25, 0.3) is 0 Å². The molecule has 2 aliphatic rings. The molecule has 2 aromatic rings. The van der Waals surface area contributed by atoms with Crippen molar-refractivity contribution in [2.75, 3.05) is 37.4 Å². The van der Waals surface area contributed by atoms with Gasteiger partial charge in [0.05, 0.1) is 6.04 Å². The second kappa shape index (κ2) is 13.0. The van der Waals surface area contributed by atoms with Gasteiger partial charge in [0, 0.05) is 49.1 Å². The van der Waals surface area contributed by atoms with Crippen LogP contribution in [0.4, 0.5) is 5.69 Å². The third-order valence-corrected chi connectivity index (χ3v) is 8.68. The summed E-state index contributed by atoms with van der Waals surface area (Å²) in [6.07, 6.45) is 2.45. The zero-order valence-electron chi connectivity index (χ0n) is 23.6. The summed E-state index contributed by atoms with van der Waals surface area (Å²) in [5.74, 6) is 0.598. The summed E-state index contributed by atoms with van der Waals surface area (Å²) in [4.78, 5) is 20.3. The largest absolute Gasteiger partial charge is 0.755 e. The maximum atomic E-state index is 13.7. The molecule has 1 amide bonds. The molecular weight excluding hydrogens is 511 g/mol. The Labute approximate surface area is 236 Å². The molecule has 2 aliphatic heterocycles. The fraction of sp³-hybridized carbons (Fsp3) is 0.552. The van der Waals surface area contributed by atoms with Crippen molar-refractivity contribution in [3.63, 3.8) is 0 Å². The number of carbonyl (C=O) groups is 1. The monoisotopic (exact) mass is 553 g/mol. The van der Waals surface area contributed by atoms with Gasteiger partial charge in [-0.3, -0.25) is 13.9 Å². The minimum Gasteiger partial charge on any atom is -0.755 e. The normalized spacial score (nSPS) is 21.4. The molecule has 8 nitrogen and oxygen atoms in total. The molecule has 0 spiro atoms. The molecule has 0 aliphatic carbocycles. The standard InChI is InChI=1S/C29H43BN4O4S/c1-29(2,3)26-21-32(18-19-34(26)27(35)20-22-14-16-33(17-15-22)30(4)36)28(23-8-6-5-7-9-23)24-10-12-25(13-11-24)31-39(37)38/h5-13,22,26,28,31,36H,14-21H2,1-4H3,(H,37,38)/p-1/t26-,28?/m1/s1.